The second-order valence-corrected chi connectivity index (χ2v) is 5.58. The zero-order chi connectivity index (χ0) is 14.2. The van der Waals surface area contributed by atoms with E-state index in [1.54, 1.807) is 39.2 Å². The Bertz CT molecular complexity index is 722. The van der Waals surface area contributed by atoms with Crippen LogP contribution in [0.3, 0.4) is 0 Å². The van der Waals surface area contributed by atoms with Crippen molar-refractivity contribution in [1.29, 1.82) is 0 Å². The maximum absolute atomic E-state index is 11.6. The SMILES string of the molecule is Cc1ncccc1Oc1c(S(N)(=O)=O)c(C)nn1C. The molecule has 0 aliphatic heterocycles. The van der Waals surface area contributed by atoms with Crippen LogP contribution >= 0.6 is 0 Å². The van der Waals surface area contributed by atoms with Crippen LogP contribution in [0.5, 0.6) is 11.6 Å². The van der Waals surface area contributed by atoms with Crippen molar-refractivity contribution >= 4 is 10.0 Å². The van der Waals surface area contributed by atoms with E-state index < -0.39 is 10.0 Å². The lowest BCUT2D eigenvalue weighted by Gasteiger charge is -2.09. The van der Waals surface area contributed by atoms with Crippen LogP contribution in [0.25, 0.3) is 0 Å². The van der Waals surface area contributed by atoms with Gasteiger partial charge in [0.25, 0.3) is 0 Å². The molecule has 0 atom stereocenters. The maximum Gasteiger partial charge on any atom is 0.245 e. The minimum atomic E-state index is -3.91. The molecular weight excluding hydrogens is 268 g/mol. The fourth-order valence-electron chi connectivity index (χ4n) is 1.74. The molecule has 0 bridgehead atoms. The summed E-state index contributed by atoms with van der Waals surface area (Å²) in [4.78, 5) is 3.96. The summed E-state index contributed by atoms with van der Waals surface area (Å²) in [6, 6.07) is 3.39. The van der Waals surface area contributed by atoms with E-state index in [0.29, 0.717) is 17.1 Å². The van der Waals surface area contributed by atoms with E-state index in [4.69, 9.17) is 9.88 Å². The average Bonchev–Trinajstić information content (AvgIpc) is 2.56. The number of primary sulfonamides is 1. The minimum Gasteiger partial charge on any atom is -0.436 e. The molecule has 0 fully saturated rings. The highest BCUT2D eigenvalue weighted by Crippen LogP contribution is 2.30. The third-order valence-electron chi connectivity index (χ3n) is 2.57. The standard InChI is InChI=1S/C11H14N4O3S/c1-7-9(5-4-6-13-7)18-11-10(19(12,16)17)8(2)14-15(11)3/h4-6H,1-3H3,(H2,12,16,17). The summed E-state index contributed by atoms with van der Waals surface area (Å²) in [6.07, 6.45) is 1.62. The van der Waals surface area contributed by atoms with Gasteiger partial charge in [0.2, 0.25) is 15.9 Å². The van der Waals surface area contributed by atoms with Gasteiger partial charge in [-0.3, -0.25) is 4.98 Å². The van der Waals surface area contributed by atoms with Crippen molar-refractivity contribution in [3.8, 4) is 11.6 Å². The second kappa shape index (κ2) is 4.63. The van der Waals surface area contributed by atoms with E-state index in [-0.39, 0.29) is 10.8 Å². The number of pyridine rings is 1. The first-order valence-corrected chi connectivity index (χ1v) is 7.01. The van der Waals surface area contributed by atoms with Crippen molar-refractivity contribution in [2.24, 2.45) is 12.2 Å². The smallest absolute Gasteiger partial charge is 0.245 e. The fourth-order valence-corrected chi connectivity index (χ4v) is 2.61. The van der Waals surface area contributed by atoms with Crippen LogP contribution in [0.4, 0.5) is 0 Å². The van der Waals surface area contributed by atoms with Crippen LogP contribution in [-0.2, 0) is 17.1 Å². The Labute approximate surface area is 111 Å². The maximum atomic E-state index is 11.6. The van der Waals surface area contributed by atoms with Gasteiger partial charge in [0.05, 0.1) is 11.4 Å². The largest absolute Gasteiger partial charge is 0.436 e. The molecule has 0 saturated heterocycles. The summed E-state index contributed by atoms with van der Waals surface area (Å²) >= 11 is 0. The van der Waals surface area contributed by atoms with Gasteiger partial charge >= 0.3 is 0 Å². The highest BCUT2D eigenvalue weighted by atomic mass is 32.2. The number of ether oxygens (including phenoxy) is 1. The lowest BCUT2D eigenvalue weighted by atomic mass is 10.3. The molecular formula is C11H14N4O3S. The van der Waals surface area contributed by atoms with Gasteiger partial charge in [0.15, 0.2) is 10.6 Å². The summed E-state index contributed by atoms with van der Waals surface area (Å²) in [5, 5.41) is 9.20. The second-order valence-electron chi connectivity index (χ2n) is 4.08. The van der Waals surface area contributed by atoms with Crippen LogP contribution < -0.4 is 9.88 Å². The van der Waals surface area contributed by atoms with Crippen LogP contribution in [0.15, 0.2) is 23.2 Å². The van der Waals surface area contributed by atoms with Crippen molar-refractivity contribution < 1.29 is 13.2 Å². The highest BCUT2D eigenvalue weighted by Gasteiger charge is 2.25. The van der Waals surface area contributed by atoms with Gasteiger partial charge in [-0.1, -0.05) is 0 Å². The first kappa shape index (κ1) is 13.5. The summed E-state index contributed by atoms with van der Waals surface area (Å²) in [5.74, 6) is 0.534. The van der Waals surface area contributed by atoms with E-state index in [0.717, 1.165) is 0 Å². The Hall–Kier alpha value is -1.93. The quantitative estimate of drug-likeness (QED) is 0.900. The third-order valence-corrected chi connectivity index (χ3v) is 3.61. The normalized spacial score (nSPS) is 11.6. The van der Waals surface area contributed by atoms with E-state index >= 15 is 0 Å². The third kappa shape index (κ3) is 2.59. The minimum absolute atomic E-state index is 0.0797. The van der Waals surface area contributed by atoms with Crippen molar-refractivity contribution in [2.45, 2.75) is 18.7 Å². The zero-order valence-corrected chi connectivity index (χ0v) is 11.6. The summed E-state index contributed by atoms with van der Waals surface area (Å²) < 4.78 is 30.1. The van der Waals surface area contributed by atoms with Gasteiger partial charge in [-0.15, -0.1) is 0 Å². The first-order chi connectivity index (χ1) is 8.80. The van der Waals surface area contributed by atoms with Gasteiger partial charge in [-0.05, 0) is 26.0 Å². The number of rotatable bonds is 3. The molecule has 0 aromatic carbocycles. The molecule has 8 heteroatoms. The molecule has 0 aliphatic carbocycles. The molecule has 2 N–H and O–H groups in total. The number of nitrogens with two attached hydrogens (primary N) is 1. The fraction of sp³-hybridized carbons (Fsp3) is 0.273. The van der Waals surface area contributed by atoms with Gasteiger partial charge in [0, 0.05) is 13.2 Å². The number of aryl methyl sites for hydroxylation is 3. The molecule has 2 rings (SSSR count). The molecule has 7 nitrogen and oxygen atoms in total. The summed E-state index contributed by atoms with van der Waals surface area (Å²) in [7, 11) is -2.32. The highest BCUT2D eigenvalue weighted by molar-refractivity contribution is 7.89. The molecule has 0 amide bonds. The Morgan fingerprint density at radius 2 is 2.00 bits per heavy atom. The lowest BCUT2D eigenvalue weighted by molar-refractivity contribution is 0.414. The Kier molecular flexibility index (Phi) is 3.29. The van der Waals surface area contributed by atoms with Crippen molar-refractivity contribution in [2.75, 3.05) is 0 Å². The molecule has 0 aliphatic rings. The number of nitrogens with zero attached hydrogens (tertiary/aromatic N) is 3. The zero-order valence-electron chi connectivity index (χ0n) is 10.8. The molecule has 19 heavy (non-hydrogen) atoms. The molecule has 2 aromatic heterocycles. The van der Waals surface area contributed by atoms with Gasteiger partial charge < -0.3 is 4.74 Å². The van der Waals surface area contributed by atoms with Crippen molar-refractivity contribution in [1.82, 2.24) is 14.8 Å². The Morgan fingerprint density at radius 3 is 2.58 bits per heavy atom. The summed E-state index contributed by atoms with van der Waals surface area (Å²) in [5.41, 5.74) is 0.934. The molecule has 0 saturated carbocycles. The number of aromatic nitrogens is 3. The van der Waals surface area contributed by atoms with Crippen LogP contribution in [0, 0.1) is 13.8 Å². The van der Waals surface area contributed by atoms with E-state index in [1.807, 2.05) is 0 Å². The first-order valence-electron chi connectivity index (χ1n) is 5.46. The van der Waals surface area contributed by atoms with Gasteiger partial charge in [-0.2, -0.15) is 5.10 Å². The van der Waals surface area contributed by atoms with Gasteiger partial charge in [0.1, 0.15) is 0 Å². The van der Waals surface area contributed by atoms with Crippen LogP contribution in [0.1, 0.15) is 11.4 Å². The molecule has 0 spiro atoms. The number of hydrogen-bond acceptors (Lipinski definition) is 5. The monoisotopic (exact) mass is 282 g/mol. The van der Waals surface area contributed by atoms with Crippen LogP contribution in [-0.4, -0.2) is 23.2 Å². The van der Waals surface area contributed by atoms with Crippen LogP contribution in [0.2, 0.25) is 0 Å². The molecule has 0 unspecified atom stereocenters. The Morgan fingerprint density at radius 1 is 1.32 bits per heavy atom. The van der Waals surface area contributed by atoms with Crippen molar-refractivity contribution in [3.05, 3.63) is 29.7 Å². The summed E-state index contributed by atoms with van der Waals surface area (Å²) in [6.45, 7) is 3.32. The van der Waals surface area contributed by atoms with Gasteiger partial charge in [-0.25, -0.2) is 18.2 Å². The Balaban J connectivity index is 2.56. The molecule has 102 valence electrons. The number of hydrogen-bond donors (Lipinski definition) is 1. The predicted molar refractivity (Wildman–Crippen MR) is 68.4 cm³/mol. The molecule has 0 radical (unpaired) electrons. The predicted octanol–water partition coefficient (Wildman–Crippen LogP) is 0.872. The van der Waals surface area contributed by atoms with E-state index in [9.17, 15) is 8.42 Å². The van der Waals surface area contributed by atoms with Crippen molar-refractivity contribution in [3.63, 3.8) is 0 Å². The lowest BCUT2D eigenvalue weighted by Crippen LogP contribution is -2.14. The number of sulfonamides is 1. The molecule has 2 aromatic rings. The topological polar surface area (TPSA) is 100 Å². The van der Waals surface area contributed by atoms with E-state index in [2.05, 4.69) is 10.1 Å². The van der Waals surface area contributed by atoms with E-state index in [1.165, 1.54) is 4.68 Å². The molecule has 2 heterocycles. The average molecular weight is 282 g/mol.